The molecule has 0 aromatic heterocycles. The summed E-state index contributed by atoms with van der Waals surface area (Å²) in [7, 11) is 4.83. The van der Waals surface area contributed by atoms with Crippen LogP contribution in [0.2, 0.25) is 0 Å². The minimum atomic E-state index is -0.256. The largest absolute Gasteiger partial charge is 0.496 e. The Hall–Kier alpha value is -1.95. The molecular formula is C15H24N2O4. The van der Waals surface area contributed by atoms with Crippen LogP contribution < -0.4 is 25.3 Å². The molecule has 3 N–H and O–H groups in total. The number of carbonyl (C=O) groups is 1. The van der Waals surface area contributed by atoms with Crippen LogP contribution in [0.5, 0.6) is 17.2 Å². The molecule has 0 fully saturated rings. The average Bonchev–Trinajstić information content (AvgIpc) is 2.49. The molecule has 0 aliphatic carbocycles. The molecule has 0 bridgehead atoms. The van der Waals surface area contributed by atoms with Crippen LogP contribution in [0.3, 0.4) is 0 Å². The molecular weight excluding hydrogens is 272 g/mol. The van der Waals surface area contributed by atoms with Gasteiger partial charge in [-0.05, 0) is 19.4 Å². The van der Waals surface area contributed by atoms with Crippen molar-refractivity contribution in [3.8, 4) is 17.2 Å². The van der Waals surface area contributed by atoms with Crippen molar-refractivity contribution in [2.24, 2.45) is 5.73 Å². The Morgan fingerprint density at radius 1 is 1.10 bits per heavy atom. The molecule has 1 amide bonds. The van der Waals surface area contributed by atoms with Crippen molar-refractivity contribution in [1.82, 2.24) is 5.32 Å². The summed E-state index contributed by atoms with van der Waals surface area (Å²) < 4.78 is 16.0. The number of hydrogen-bond acceptors (Lipinski definition) is 5. The molecule has 6 nitrogen and oxygen atoms in total. The fourth-order valence-corrected chi connectivity index (χ4v) is 2.01. The van der Waals surface area contributed by atoms with Crippen molar-refractivity contribution >= 4 is 5.91 Å². The first kappa shape index (κ1) is 17.1. The number of ether oxygens (including phenoxy) is 3. The predicted molar refractivity (Wildman–Crippen MR) is 80.9 cm³/mol. The number of carbonyl (C=O) groups excluding carboxylic acids is 1. The van der Waals surface area contributed by atoms with E-state index in [1.807, 2.05) is 12.1 Å². The topological polar surface area (TPSA) is 82.8 Å². The van der Waals surface area contributed by atoms with Gasteiger partial charge in [0.25, 0.3) is 0 Å². The summed E-state index contributed by atoms with van der Waals surface area (Å²) in [5.41, 5.74) is 6.04. The monoisotopic (exact) mass is 296 g/mol. The SMILES string of the molecule is COc1cc(OC)c(CNCCCCC(N)=O)c(OC)c1. The first-order chi connectivity index (χ1) is 10.1. The van der Waals surface area contributed by atoms with Gasteiger partial charge in [0, 0.05) is 25.1 Å². The van der Waals surface area contributed by atoms with Gasteiger partial charge in [0.05, 0.1) is 26.9 Å². The van der Waals surface area contributed by atoms with E-state index in [0.29, 0.717) is 18.7 Å². The second-order valence-corrected chi connectivity index (χ2v) is 4.61. The number of unbranched alkanes of at least 4 members (excludes halogenated alkanes) is 1. The lowest BCUT2D eigenvalue weighted by atomic mass is 10.1. The molecule has 0 spiro atoms. The van der Waals surface area contributed by atoms with E-state index in [4.69, 9.17) is 19.9 Å². The third kappa shape index (κ3) is 5.51. The van der Waals surface area contributed by atoms with Crippen molar-refractivity contribution < 1.29 is 19.0 Å². The molecule has 1 aromatic rings. The van der Waals surface area contributed by atoms with Gasteiger partial charge >= 0.3 is 0 Å². The third-order valence-electron chi connectivity index (χ3n) is 3.15. The van der Waals surface area contributed by atoms with Gasteiger partial charge in [0.2, 0.25) is 5.91 Å². The number of primary amides is 1. The maximum Gasteiger partial charge on any atom is 0.217 e. The normalized spacial score (nSPS) is 10.2. The summed E-state index contributed by atoms with van der Waals surface area (Å²) in [5.74, 6) is 1.87. The Morgan fingerprint density at radius 2 is 1.71 bits per heavy atom. The highest BCUT2D eigenvalue weighted by atomic mass is 16.5. The van der Waals surface area contributed by atoms with E-state index in [2.05, 4.69) is 5.32 Å². The average molecular weight is 296 g/mol. The van der Waals surface area contributed by atoms with Crippen LogP contribution in [0.25, 0.3) is 0 Å². The van der Waals surface area contributed by atoms with Gasteiger partial charge in [0.1, 0.15) is 17.2 Å². The Labute approximate surface area is 125 Å². The van der Waals surface area contributed by atoms with E-state index in [-0.39, 0.29) is 5.91 Å². The Morgan fingerprint density at radius 3 is 2.19 bits per heavy atom. The van der Waals surface area contributed by atoms with Gasteiger partial charge in [-0.25, -0.2) is 0 Å². The third-order valence-corrected chi connectivity index (χ3v) is 3.15. The summed E-state index contributed by atoms with van der Waals surface area (Å²) in [6, 6.07) is 3.65. The minimum absolute atomic E-state index is 0.256. The molecule has 21 heavy (non-hydrogen) atoms. The number of methoxy groups -OCH3 is 3. The first-order valence-electron chi connectivity index (χ1n) is 6.90. The van der Waals surface area contributed by atoms with Gasteiger partial charge in [-0.15, -0.1) is 0 Å². The van der Waals surface area contributed by atoms with E-state index in [1.165, 1.54) is 0 Å². The van der Waals surface area contributed by atoms with Gasteiger partial charge in [0.15, 0.2) is 0 Å². The lowest BCUT2D eigenvalue weighted by Crippen LogP contribution is -2.17. The lowest BCUT2D eigenvalue weighted by molar-refractivity contribution is -0.118. The van der Waals surface area contributed by atoms with Crippen LogP contribution >= 0.6 is 0 Å². The Kier molecular flexibility index (Phi) is 7.39. The molecule has 0 atom stereocenters. The van der Waals surface area contributed by atoms with E-state index < -0.39 is 0 Å². The number of nitrogens with one attached hydrogen (secondary N) is 1. The molecule has 0 saturated heterocycles. The van der Waals surface area contributed by atoms with Crippen LogP contribution in [0, 0.1) is 0 Å². The van der Waals surface area contributed by atoms with Crippen molar-refractivity contribution in [2.45, 2.75) is 25.8 Å². The molecule has 1 rings (SSSR count). The first-order valence-corrected chi connectivity index (χ1v) is 6.90. The molecule has 0 unspecified atom stereocenters. The Balaban J connectivity index is 2.58. The van der Waals surface area contributed by atoms with Gasteiger partial charge < -0.3 is 25.3 Å². The van der Waals surface area contributed by atoms with Crippen LogP contribution in [0.15, 0.2) is 12.1 Å². The van der Waals surface area contributed by atoms with Crippen LogP contribution in [-0.2, 0) is 11.3 Å². The molecule has 6 heteroatoms. The van der Waals surface area contributed by atoms with Crippen molar-refractivity contribution in [2.75, 3.05) is 27.9 Å². The van der Waals surface area contributed by atoms with Crippen LogP contribution in [0.4, 0.5) is 0 Å². The fraction of sp³-hybridized carbons (Fsp3) is 0.533. The van der Waals surface area contributed by atoms with E-state index in [1.54, 1.807) is 21.3 Å². The lowest BCUT2D eigenvalue weighted by Gasteiger charge is -2.15. The van der Waals surface area contributed by atoms with Gasteiger partial charge in [-0.2, -0.15) is 0 Å². The summed E-state index contributed by atoms with van der Waals surface area (Å²) in [4.78, 5) is 10.6. The minimum Gasteiger partial charge on any atom is -0.496 e. The van der Waals surface area contributed by atoms with E-state index in [9.17, 15) is 4.79 Å². The number of nitrogens with two attached hydrogens (primary N) is 1. The van der Waals surface area contributed by atoms with E-state index in [0.717, 1.165) is 36.4 Å². The Bertz CT molecular complexity index is 438. The molecule has 0 aliphatic rings. The summed E-state index contributed by atoms with van der Waals surface area (Å²) in [6.45, 7) is 1.42. The highest BCUT2D eigenvalue weighted by Crippen LogP contribution is 2.33. The molecule has 0 radical (unpaired) electrons. The summed E-state index contributed by atoms with van der Waals surface area (Å²) in [6.07, 6.45) is 2.11. The maximum absolute atomic E-state index is 10.6. The van der Waals surface area contributed by atoms with Gasteiger partial charge in [-0.3, -0.25) is 4.79 Å². The second kappa shape index (κ2) is 9.07. The molecule has 0 aliphatic heterocycles. The van der Waals surface area contributed by atoms with Crippen molar-refractivity contribution in [3.63, 3.8) is 0 Å². The predicted octanol–water partition coefficient (Wildman–Crippen LogP) is 1.46. The molecule has 118 valence electrons. The number of benzene rings is 1. The summed E-state index contributed by atoms with van der Waals surface area (Å²) in [5, 5.41) is 3.31. The molecule has 0 heterocycles. The smallest absolute Gasteiger partial charge is 0.217 e. The number of hydrogen-bond donors (Lipinski definition) is 2. The maximum atomic E-state index is 10.6. The van der Waals surface area contributed by atoms with Crippen LogP contribution in [-0.4, -0.2) is 33.8 Å². The quantitative estimate of drug-likeness (QED) is 0.639. The highest BCUT2D eigenvalue weighted by Gasteiger charge is 2.12. The second-order valence-electron chi connectivity index (χ2n) is 4.61. The van der Waals surface area contributed by atoms with Crippen molar-refractivity contribution in [3.05, 3.63) is 17.7 Å². The fourth-order valence-electron chi connectivity index (χ4n) is 2.01. The summed E-state index contributed by atoms with van der Waals surface area (Å²) >= 11 is 0. The zero-order chi connectivity index (χ0) is 15.7. The van der Waals surface area contributed by atoms with Crippen LogP contribution in [0.1, 0.15) is 24.8 Å². The number of rotatable bonds is 10. The van der Waals surface area contributed by atoms with E-state index >= 15 is 0 Å². The standard InChI is InChI=1S/C15H24N2O4/c1-19-11-8-13(20-2)12(14(9-11)21-3)10-17-7-5-4-6-15(16)18/h8-9,17H,4-7,10H2,1-3H3,(H2,16,18). The molecule has 1 aromatic carbocycles. The number of amides is 1. The molecule has 0 saturated carbocycles. The zero-order valence-corrected chi connectivity index (χ0v) is 12.9. The van der Waals surface area contributed by atoms with Crippen molar-refractivity contribution in [1.29, 1.82) is 0 Å². The zero-order valence-electron chi connectivity index (χ0n) is 12.9. The van der Waals surface area contributed by atoms with Gasteiger partial charge in [-0.1, -0.05) is 0 Å². The highest BCUT2D eigenvalue weighted by molar-refractivity contribution is 5.73.